The molecule has 0 saturated heterocycles. The summed E-state index contributed by atoms with van der Waals surface area (Å²) < 4.78 is 0.902. The average Bonchev–Trinajstić information content (AvgIpc) is 2.56. The molecule has 12 heavy (non-hydrogen) atoms. The molecule has 0 radical (unpaired) electrons. The Labute approximate surface area is 80.6 Å². The van der Waals surface area contributed by atoms with Crippen molar-refractivity contribution in [3.05, 3.63) is 22.7 Å². The Morgan fingerprint density at radius 1 is 1.33 bits per heavy atom. The summed E-state index contributed by atoms with van der Waals surface area (Å²) in [4.78, 5) is 8.64. The van der Waals surface area contributed by atoms with Crippen molar-refractivity contribution in [3.63, 3.8) is 0 Å². The molecule has 0 atom stereocenters. The van der Waals surface area contributed by atoms with Gasteiger partial charge in [-0.25, -0.2) is 9.97 Å². The maximum absolute atomic E-state index is 4.36. The monoisotopic (exact) mass is 226 g/mol. The summed E-state index contributed by atoms with van der Waals surface area (Å²) in [5.41, 5.74) is 0. The minimum absolute atomic E-state index is 0.613. The lowest BCUT2D eigenvalue weighted by Gasteiger charge is -2.05. The molecule has 1 heterocycles. The predicted octanol–water partition coefficient (Wildman–Crippen LogP) is 2.90. The first-order valence-corrected chi connectivity index (χ1v) is 5.14. The maximum Gasteiger partial charge on any atom is 0.132 e. The molecule has 64 valence electrons. The van der Waals surface area contributed by atoms with Crippen molar-refractivity contribution in [1.82, 2.24) is 9.97 Å². The summed E-state index contributed by atoms with van der Waals surface area (Å²) in [5.74, 6) is 1.63. The summed E-state index contributed by atoms with van der Waals surface area (Å²) in [6, 6.07) is 1.87. The van der Waals surface area contributed by atoms with E-state index in [0.717, 1.165) is 10.4 Å². The van der Waals surface area contributed by atoms with Gasteiger partial charge in [0.2, 0.25) is 0 Å². The Bertz CT molecular complexity index is 269. The van der Waals surface area contributed by atoms with E-state index >= 15 is 0 Å². The highest BCUT2D eigenvalue weighted by Gasteiger charge is 2.19. The molecule has 1 aliphatic rings. The Kier molecular flexibility index (Phi) is 2.40. The number of hydrogen-bond acceptors (Lipinski definition) is 2. The standard InChI is InChI=1S/C9H11BrN2/c10-8-5-6-11-9(12-8)7-3-1-2-4-7/h5-7H,1-4H2. The Morgan fingerprint density at radius 3 is 2.75 bits per heavy atom. The predicted molar refractivity (Wildman–Crippen MR) is 50.9 cm³/mol. The van der Waals surface area contributed by atoms with Gasteiger partial charge in [-0.1, -0.05) is 12.8 Å². The fourth-order valence-electron chi connectivity index (χ4n) is 1.73. The summed E-state index contributed by atoms with van der Waals surface area (Å²) in [6.45, 7) is 0. The number of halogens is 1. The fraction of sp³-hybridized carbons (Fsp3) is 0.556. The van der Waals surface area contributed by atoms with E-state index in [1.54, 1.807) is 0 Å². The van der Waals surface area contributed by atoms with Crippen LogP contribution in [0.5, 0.6) is 0 Å². The summed E-state index contributed by atoms with van der Waals surface area (Å²) in [7, 11) is 0. The second kappa shape index (κ2) is 3.52. The summed E-state index contributed by atoms with van der Waals surface area (Å²) >= 11 is 3.36. The van der Waals surface area contributed by atoms with Crippen molar-refractivity contribution in [2.75, 3.05) is 0 Å². The topological polar surface area (TPSA) is 25.8 Å². The zero-order valence-corrected chi connectivity index (χ0v) is 8.42. The minimum atomic E-state index is 0.613. The van der Waals surface area contributed by atoms with Crippen LogP contribution in [0.4, 0.5) is 0 Å². The number of aromatic nitrogens is 2. The number of rotatable bonds is 1. The molecule has 0 aromatic carbocycles. The third-order valence-electron chi connectivity index (χ3n) is 2.36. The van der Waals surface area contributed by atoms with Crippen LogP contribution in [0.1, 0.15) is 37.4 Å². The molecule has 3 heteroatoms. The Balaban J connectivity index is 2.21. The van der Waals surface area contributed by atoms with Crippen molar-refractivity contribution < 1.29 is 0 Å². The molecular weight excluding hydrogens is 216 g/mol. The van der Waals surface area contributed by atoms with Crippen molar-refractivity contribution in [2.45, 2.75) is 31.6 Å². The molecule has 0 amide bonds. The largest absolute Gasteiger partial charge is 0.241 e. The van der Waals surface area contributed by atoms with Gasteiger partial charge < -0.3 is 0 Å². The van der Waals surface area contributed by atoms with Gasteiger partial charge in [0, 0.05) is 12.1 Å². The van der Waals surface area contributed by atoms with Gasteiger partial charge >= 0.3 is 0 Å². The quantitative estimate of drug-likeness (QED) is 0.689. The normalized spacial score (nSPS) is 18.4. The molecule has 0 aliphatic heterocycles. The Morgan fingerprint density at radius 2 is 2.08 bits per heavy atom. The van der Waals surface area contributed by atoms with Gasteiger partial charge in [-0.05, 0) is 34.8 Å². The van der Waals surface area contributed by atoms with Crippen LogP contribution < -0.4 is 0 Å². The molecule has 0 N–H and O–H groups in total. The van der Waals surface area contributed by atoms with Crippen molar-refractivity contribution >= 4 is 15.9 Å². The van der Waals surface area contributed by atoms with Crippen LogP contribution in [0.3, 0.4) is 0 Å². The van der Waals surface area contributed by atoms with Gasteiger partial charge in [0.15, 0.2) is 0 Å². The van der Waals surface area contributed by atoms with Crippen LogP contribution in [0, 0.1) is 0 Å². The summed E-state index contributed by atoms with van der Waals surface area (Å²) in [6.07, 6.45) is 7.01. The zero-order valence-electron chi connectivity index (χ0n) is 6.83. The van der Waals surface area contributed by atoms with Crippen molar-refractivity contribution in [3.8, 4) is 0 Å². The number of hydrogen-bond donors (Lipinski definition) is 0. The van der Waals surface area contributed by atoms with Crippen LogP contribution in [-0.4, -0.2) is 9.97 Å². The molecule has 1 aromatic rings. The molecule has 0 spiro atoms. The third kappa shape index (κ3) is 1.66. The van der Waals surface area contributed by atoms with Crippen molar-refractivity contribution in [2.24, 2.45) is 0 Å². The lowest BCUT2D eigenvalue weighted by molar-refractivity contribution is 0.665. The molecule has 1 saturated carbocycles. The molecule has 1 aliphatic carbocycles. The smallest absolute Gasteiger partial charge is 0.132 e. The van der Waals surface area contributed by atoms with Crippen LogP contribution >= 0.6 is 15.9 Å². The van der Waals surface area contributed by atoms with E-state index in [1.165, 1.54) is 25.7 Å². The summed E-state index contributed by atoms with van der Waals surface area (Å²) in [5, 5.41) is 0. The second-order valence-corrected chi connectivity index (χ2v) is 4.03. The lowest BCUT2D eigenvalue weighted by Crippen LogP contribution is -1.99. The van der Waals surface area contributed by atoms with Crippen LogP contribution in [0.2, 0.25) is 0 Å². The highest BCUT2D eigenvalue weighted by molar-refractivity contribution is 9.10. The second-order valence-electron chi connectivity index (χ2n) is 3.22. The fourth-order valence-corrected chi connectivity index (χ4v) is 2.03. The van der Waals surface area contributed by atoms with Gasteiger partial charge in [-0.3, -0.25) is 0 Å². The van der Waals surface area contributed by atoms with E-state index in [0.29, 0.717) is 5.92 Å². The maximum atomic E-state index is 4.36. The van der Waals surface area contributed by atoms with E-state index in [2.05, 4.69) is 25.9 Å². The zero-order chi connectivity index (χ0) is 8.39. The van der Waals surface area contributed by atoms with E-state index in [1.807, 2.05) is 12.3 Å². The molecule has 2 rings (SSSR count). The lowest BCUT2D eigenvalue weighted by atomic mass is 10.1. The first-order valence-electron chi connectivity index (χ1n) is 4.35. The highest BCUT2D eigenvalue weighted by Crippen LogP contribution is 2.32. The highest BCUT2D eigenvalue weighted by atomic mass is 79.9. The molecule has 0 unspecified atom stereocenters. The van der Waals surface area contributed by atoms with Gasteiger partial charge in [0.05, 0.1) is 0 Å². The molecule has 1 fully saturated rings. The average molecular weight is 227 g/mol. The first-order chi connectivity index (χ1) is 5.86. The molecule has 0 bridgehead atoms. The van der Waals surface area contributed by atoms with E-state index in [-0.39, 0.29) is 0 Å². The van der Waals surface area contributed by atoms with Crippen LogP contribution in [-0.2, 0) is 0 Å². The van der Waals surface area contributed by atoms with E-state index < -0.39 is 0 Å². The van der Waals surface area contributed by atoms with Crippen LogP contribution in [0.15, 0.2) is 16.9 Å². The minimum Gasteiger partial charge on any atom is -0.241 e. The Hall–Kier alpha value is -0.440. The molecule has 1 aromatic heterocycles. The molecule has 2 nitrogen and oxygen atoms in total. The van der Waals surface area contributed by atoms with Gasteiger partial charge in [-0.2, -0.15) is 0 Å². The number of nitrogens with zero attached hydrogens (tertiary/aromatic N) is 2. The van der Waals surface area contributed by atoms with Crippen LogP contribution in [0.25, 0.3) is 0 Å². The van der Waals surface area contributed by atoms with E-state index in [4.69, 9.17) is 0 Å². The SMILES string of the molecule is Brc1ccnc(C2CCCC2)n1. The van der Waals surface area contributed by atoms with E-state index in [9.17, 15) is 0 Å². The molecular formula is C9H11BrN2. The van der Waals surface area contributed by atoms with Gasteiger partial charge in [0.1, 0.15) is 10.4 Å². The van der Waals surface area contributed by atoms with Gasteiger partial charge in [0.25, 0.3) is 0 Å². The first kappa shape index (κ1) is 8.17. The third-order valence-corrected chi connectivity index (χ3v) is 2.80. The van der Waals surface area contributed by atoms with Crippen molar-refractivity contribution in [1.29, 1.82) is 0 Å². The van der Waals surface area contributed by atoms with Gasteiger partial charge in [-0.15, -0.1) is 0 Å².